The van der Waals surface area contributed by atoms with Gasteiger partial charge in [0.15, 0.2) is 5.82 Å². The number of hydrogen-bond donors (Lipinski definition) is 1. The number of aromatic amines is 1. The summed E-state index contributed by atoms with van der Waals surface area (Å²) in [5.74, 6) is 1.43. The van der Waals surface area contributed by atoms with E-state index >= 15 is 0 Å². The van der Waals surface area contributed by atoms with Gasteiger partial charge >= 0.3 is 0 Å². The average molecular weight is 543 g/mol. The lowest BCUT2D eigenvalue weighted by Gasteiger charge is -2.32. The zero-order valence-corrected chi connectivity index (χ0v) is 22.6. The van der Waals surface area contributed by atoms with E-state index in [0.717, 1.165) is 53.5 Å². The third kappa shape index (κ3) is 5.27. The highest BCUT2D eigenvalue weighted by Gasteiger charge is 2.33. The summed E-state index contributed by atoms with van der Waals surface area (Å²) in [5.41, 5.74) is 3.21. The molecule has 2 aromatic carbocycles. The largest absolute Gasteiger partial charge is 0.468 e. The molecule has 9 heteroatoms. The molecule has 39 heavy (non-hydrogen) atoms. The van der Waals surface area contributed by atoms with Crippen molar-refractivity contribution in [1.29, 1.82) is 0 Å². The van der Waals surface area contributed by atoms with Crippen molar-refractivity contribution in [2.24, 2.45) is 0 Å². The Balaban J connectivity index is 1.54. The van der Waals surface area contributed by atoms with Gasteiger partial charge in [0.2, 0.25) is 0 Å². The fourth-order valence-electron chi connectivity index (χ4n) is 5.76. The lowest BCUT2D eigenvalue weighted by Crippen LogP contribution is -2.35. The third-order valence-electron chi connectivity index (χ3n) is 7.73. The Kier molecular flexibility index (Phi) is 7.30. The van der Waals surface area contributed by atoms with E-state index in [2.05, 4.69) is 25.4 Å². The summed E-state index contributed by atoms with van der Waals surface area (Å²) in [7, 11) is 0. The van der Waals surface area contributed by atoms with Gasteiger partial charge in [-0.15, -0.1) is 5.10 Å². The molecule has 0 saturated heterocycles. The number of nitrogens with one attached hydrogen (secondary N) is 1. The van der Waals surface area contributed by atoms with E-state index in [1.54, 1.807) is 6.26 Å². The number of aromatic nitrogens is 5. The quantitative estimate of drug-likeness (QED) is 0.245. The Hall–Kier alpha value is -3.75. The van der Waals surface area contributed by atoms with Crippen LogP contribution in [0.5, 0.6) is 0 Å². The van der Waals surface area contributed by atoms with Crippen LogP contribution in [0.3, 0.4) is 0 Å². The lowest BCUT2D eigenvalue weighted by molar-refractivity contribution is 0.173. The van der Waals surface area contributed by atoms with Crippen LogP contribution in [0.15, 0.2) is 76.1 Å². The predicted molar refractivity (Wildman–Crippen MR) is 150 cm³/mol. The molecule has 8 nitrogen and oxygen atoms in total. The van der Waals surface area contributed by atoms with Gasteiger partial charge in [-0.3, -0.25) is 9.69 Å². The van der Waals surface area contributed by atoms with Gasteiger partial charge in [-0.2, -0.15) is 0 Å². The second-order valence-electron chi connectivity index (χ2n) is 10.3. The van der Waals surface area contributed by atoms with Crippen molar-refractivity contribution in [1.82, 2.24) is 30.1 Å². The first kappa shape index (κ1) is 25.5. The summed E-state index contributed by atoms with van der Waals surface area (Å²) in [5, 5.41) is 14.8. The van der Waals surface area contributed by atoms with Crippen LogP contribution in [0.4, 0.5) is 0 Å². The second kappa shape index (κ2) is 11.2. The summed E-state index contributed by atoms with van der Waals surface area (Å²) in [6.07, 6.45) is 7.19. The molecular formula is C30H31ClN6O2. The zero-order chi connectivity index (χ0) is 26.8. The Bertz CT molecular complexity index is 1620. The predicted octanol–water partition coefficient (Wildman–Crippen LogP) is 6.37. The van der Waals surface area contributed by atoms with Crippen LogP contribution in [0, 0.1) is 6.92 Å². The van der Waals surface area contributed by atoms with Crippen molar-refractivity contribution < 1.29 is 4.42 Å². The van der Waals surface area contributed by atoms with Gasteiger partial charge in [0, 0.05) is 17.1 Å². The van der Waals surface area contributed by atoms with Gasteiger partial charge < -0.3 is 9.40 Å². The molecule has 0 bridgehead atoms. The maximum absolute atomic E-state index is 13.8. The van der Waals surface area contributed by atoms with Crippen LogP contribution in [0.2, 0.25) is 5.02 Å². The average Bonchev–Trinajstić information content (AvgIpc) is 3.64. The van der Waals surface area contributed by atoms with E-state index in [1.807, 2.05) is 72.3 Å². The molecule has 0 aliphatic heterocycles. The molecule has 3 heterocycles. The summed E-state index contributed by atoms with van der Waals surface area (Å²) in [4.78, 5) is 19.2. The first-order valence-corrected chi connectivity index (χ1v) is 13.9. The maximum Gasteiger partial charge on any atom is 0.253 e. The molecule has 3 aromatic heterocycles. The number of H-pyrrole nitrogens is 1. The number of nitrogens with zero attached hydrogens (tertiary/aromatic N) is 5. The molecule has 6 rings (SSSR count). The second-order valence-corrected chi connectivity index (χ2v) is 10.8. The van der Waals surface area contributed by atoms with Gasteiger partial charge in [-0.05, 0) is 71.0 Å². The van der Waals surface area contributed by atoms with E-state index in [9.17, 15) is 4.79 Å². The van der Waals surface area contributed by atoms with Gasteiger partial charge in [-0.25, -0.2) is 4.68 Å². The SMILES string of the molecule is Cc1cccc2cc(C(c3nnnn3C3CCCCC3)N(Cc3ccco3)Cc3ccccc3Cl)c(=O)[nH]c12. The van der Waals surface area contributed by atoms with Crippen LogP contribution in [-0.2, 0) is 13.1 Å². The van der Waals surface area contributed by atoms with Crippen LogP contribution in [0.25, 0.3) is 10.9 Å². The fraction of sp³-hybridized carbons (Fsp3) is 0.333. The highest BCUT2D eigenvalue weighted by Crippen LogP contribution is 2.35. The minimum atomic E-state index is -0.544. The summed E-state index contributed by atoms with van der Waals surface area (Å²) in [6.45, 7) is 2.90. The van der Waals surface area contributed by atoms with Crippen molar-refractivity contribution in [3.63, 3.8) is 0 Å². The van der Waals surface area contributed by atoms with Crippen molar-refractivity contribution in [3.05, 3.63) is 111 Å². The molecule has 0 amide bonds. The molecule has 1 N–H and O–H groups in total. The molecular weight excluding hydrogens is 512 g/mol. The molecule has 1 aliphatic carbocycles. The van der Waals surface area contributed by atoms with Crippen LogP contribution >= 0.6 is 11.6 Å². The number of rotatable bonds is 8. The van der Waals surface area contributed by atoms with Crippen LogP contribution < -0.4 is 5.56 Å². The van der Waals surface area contributed by atoms with E-state index in [-0.39, 0.29) is 11.6 Å². The van der Waals surface area contributed by atoms with E-state index in [1.165, 1.54) is 6.42 Å². The number of aryl methyl sites for hydroxylation is 1. The zero-order valence-electron chi connectivity index (χ0n) is 21.9. The topological polar surface area (TPSA) is 92.8 Å². The van der Waals surface area contributed by atoms with Gasteiger partial charge in [0.05, 0.1) is 24.4 Å². The Labute approximate surface area is 231 Å². The molecule has 5 aromatic rings. The summed E-state index contributed by atoms with van der Waals surface area (Å²) in [6, 6.07) is 19.2. The van der Waals surface area contributed by atoms with Crippen molar-refractivity contribution in [3.8, 4) is 0 Å². The van der Waals surface area contributed by atoms with Gasteiger partial charge in [0.1, 0.15) is 11.8 Å². The smallest absolute Gasteiger partial charge is 0.253 e. The molecule has 1 saturated carbocycles. The lowest BCUT2D eigenvalue weighted by atomic mass is 9.95. The highest BCUT2D eigenvalue weighted by atomic mass is 35.5. The molecule has 1 fully saturated rings. The maximum atomic E-state index is 13.8. The number of para-hydroxylation sites is 1. The third-order valence-corrected chi connectivity index (χ3v) is 8.10. The van der Waals surface area contributed by atoms with Crippen molar-refractivity contribution in [2.75, 3.05) is 0 Å². The molecule has 1 unspecified atom stereocenters. The van der Waals surface area contributed by atoms with Gasteiger partial charge in [-0.1, -0.05) is 67.3 Å². The Morgan fingerprint density at radius 3 is 2.72 bits per heavy atom. The molecule has 1 aliphatic rings. The fourth-order valence-corrected chi connectivity index (χ4v) is 5.95. The number of furan rings is 1. The molecule has 0 spiro atoms. The standard InChI is InChI=1S/C30H31ClN6O2/c1-20-9-7-11-21-17-25(30(38)32-27(20)21)28(29-33-34-35-37(29)23-12-3-2-4-13-23)36(19-24-14-8-16-39-24)18-22-10-5-6-15-26(22)31/h5-11,14-17,23,28H,2-4,12-13,18-19H2,1H3,(H,32,38). The van der Waals surface area contributed by atoms with E-state index in [4.69, 9.17) is 16.0 Å². The molecule has 1 atom stereocenters. The molecule has 200 valence electrons. The van der Waals surface area contributed by atoms with Gasteiger partial charge in [0.25, 0.3) is 5.56 Å². The Morgan fingerprint density at radius 2 is 1.92 bits per heavy atom. The first-order valence-electron chi connectivity index (χ1n) is 13.5. The first-order chi connectivity index (χ1) is 19.1. The number of benzene rings is 2. The monoisotopic (exact) mass is 542 g/mol. The summed E-state index contributed by atoms with van der Waals surface area (Å²) < 4.78 is 7.73. The number of pyridine rings is 1. The summed E-state index contributed by atoms with van der Waals surface area (Å²) >= 11 is 6.64. The van der Waals surface area contributed by atoms with E-state index < -0.39 is 6.04 Å². The van der Waals surface area contributed by atoms with Crippen molar-refractivity contribution in [2.45, 2.75) is 64.2 Å². The highest BCUT2D eigenvalue weighted by molar-refractivity contribution is 6.31. The normalized spacial score (nSPS) is 15.3. The van der Waals surface area contributed by atoms with Crippen LogP contribution in [0.1, 0.15) is 72.5 Å². The number of hydrogen-bond acceptors (Lipinski definition) is 6. The van der Waals surface area contributed by atoms with Crippen LogP contribution in [-0.4, -0.2) is 30.1 Å². The molecule has 0 radical (unpaired) electrons. The number of halogens is 1. The number of tetrazole rings is 1. The Morgan fingerprint density at radius 1 is 1.08 bits per heavy atom. The minimum absolute atomic E-state index is 0.163. The minimum Gasteiger partial charge on any atom is -0.468 e. The van der Waals surface area contributed by atoms with Crippen molar-refractivity contribution >= 4 is 22.5 Å². The van der Waals surface area contributed by atoms with E-state index in [0.29, 0.717) is 29.5 Å². The number of fused-ring (bicyclic) bond motifs is 1.